The highest BCUT2D eigenvalue weighted by Crippen LogP contribution is 2.25. The number of nitrogens with one attached hydrogen (secondary N) is 1. The van der Waals surface area contributed by atoms with E-state index in [4.69, 9.17) is 0 Å². The van der Waals surface area contributed by atoms with E-state index in [1.807, 2.05) is 26.0 Å². The second-order valence-electron chi connectivity index (χ2n) is 5.34. The molecule has 5 heteroatoms. The van der Waals surface area contributed by atoms with Gasteiger partial charge in [0.2, 0.25) is 0 Å². The maximum Gasteiger partial charge on any atom is 0.262 e. The van der Waals surface area contributed by atoms with Crippen LogP contribution in [0.25, 0.3) is 0 Å². The van der Waals surface area contributed by atoms with Crippen molar-refractivity contribution in [1.29, 1.82) is 0 Å². The molecule has 0 bridgehead atoms. The fourth-order valence-electron chi connectivity index (χ4n) is 2.04. The maximum atomic E-state index is 12.5. The van der Waals surface area contributed by atoms with Gasteiger partial charge in [-0.15, -0.1) is 0 Å². The van der Waals surface area contributed by atoms with Gasteiger partial charge in [0.25, 0.3) is 10.0 Å². The molecule has 0 unspecified atom stereocenters. The molecule has 2 aromatic rings. The number of sulfonamides is 1. The van der Waals surface area contributed by atoms with Crippen molar-refractivity contribution in [3.8, 4) is 5.75 Å². The Balaban J connectivity index is 2.42. The summed E-state index contributed by atoms with van der Waals surface area (Å²) in [6.45, 7) is 5.80. The van der Waals surface area contributed by atoms with E-state index in [9.17, 15) is 13.5 Å². The lowest BCUT2D eigenvalue weighted by molar-refractivity contribution is 0.475. The topological polar surface area (TPSA) is 66.4 Å². The molecule has 2 aromatic carbocycles. The third kappa shape index (κ3) is 3.55. The Kier molecular flexibility index (Phi) is 4.23. The van der Waals surface area contributed by atoms with E-state index in [0.29, 0.717) is 11.3 Å². The molecule has 112 valence electrons. The van der Waals surface area contributed by atoms with E-state index in [1.165, 1.54) is 12.1 Å². The van der Waals surface area contributed by atoms with E-state index in [1.54, 1.807) is 25.1 Å². The van der Waals surface area contributed by atoms with Gasteiger partial charge in [-0.25, -0.2) is 8.42 Å². The Morgan fingerprint density at radius 3 is 2.43 bits per heavy atom. The standard InChI is InChI=1S/C16H19NO3S/c1-11(2)13-8-7-12(3)16(9-13)21(19,20)17-14-5-4-6-15(18)10-14/h4-11,17-18H,1-3H3. The molecule has 0 aliphatic carbocycles. The highest BCUT2D eigenvalue weighted by molar-refractivity contribution is 7.92. The van der Waals surface area contributed by atoms with E-state index in [-0.39, 0.29) is 16.6 Å². The van der Waals surface area contributed by atoms with Crippen molar-refractivity contribution in [1.82, 2.24) is 0 Å². The zero-order valence-corrected chi connectivity index (χ0v) is 13.1. The molecule has 0 atom stereocenters. The molecule has 0 radical (unpaired) electrons. The lowest BCUT2D eigenvalue weighted by atomic mass is 10.0. The van der Waals surface area contributed by atoms with Crippen LogP contribution in [0.15, 0.2) is 47.4 Å². The summed E-state index contributed by atoms with van der Waals surface area (Å²) in [4.78, 5) is 0.261. The molecular weight excluding hydrogens is 286 g/mol. The Bertz CT molecular complexity index is 752. The van der Waals surface area contributed by atoms with E-state index in [2.05, 4.69) is 4.72 Å². The number of anilines is 1. The highest BCUT2D eigenvalue weighted by Gasteiger charge is 2.18. The van der Waals surface area contributed by atoms with Crippen molar-refractivity contribution < 1.29 is 13.5 Å². The minimum atomic E-state index is -3.68. The molecule has 4 nitrogen and oxygen atoms in total. The summed E-state index contributed by atoms with van der Waals surface area (Å²) in [6.07, 6.45) is 0. The van der Waals surface area contributed by atoms with Crippen LogP contribution in [0.4, 0.5) is 5.69 Å². The number of hydrogen-bond acceptors (Lipinski definition) is 3. The van der Waals surface area contributed by atoms with Crippen LogP contribution in [0.1, 0.15) is 30.9 Å². The zero-order chi connectivity index (χ0) is 15.6. The molecule has 0 amide bonds. The Morgan fingerprint density at radius 2 is 1.81 bits per heavy atom. The smallest absolute Gasteiger partial charge is 0.262 e. The molecule has 0 aliphatic heterocycles. The average molecular weight is 305 g/mol. The molecule has 0 aromatic heterocycles. The van der Waals surface area contributed by atoms with Gasteiger partial charge >= 0.3 is 0 Å². The molecule has 0 aliphatic rings. The molecule has 2 rings (SSSR count). The fraction of sp³-hybridized carbons (Fsp3) is 0.250. The second-order valence-corrected chi connectivity index (χ2v) is 6.99. The first-order chi connectivity index (χ1) is 9.79. The number of aromatic hydroxyl groups is 1. The molecule has 0 saturated heterocycles. The molecule has 0 fully saturated rings. The van der Waals surface area contributed by atoms with Crippen molar-refractivity contribution in [2.45, 2.75) is 31.6 Å². The predicted octanol–water partition coefficient (Wildman–Crippen LogP) is 3.62. The lowest BCUT2D eigenvalue weighted by Crippen LogP contribution is -2.14. The van der Waals surface area contributed by atoms with Crippen molar-refractivity contribution >= 4 is 15.7 Å². The minimum absolute atomic E-state index is 0.0165. The first-order valence-corrected chi connectivity index (χ1v) is 8.20. The monoisotopic (exact) mass is 305 g/mol. The number of phenols is 1. The summed E-state index contributed by atoms with van der Waals surface area (Å²) in [5.74, 6) is 0.267. The van der Waals surface area contributed by atoms with Gasteiger partial charge in [-0.05, 0) is 42.2 Å². The summed E-state index contributed by atoms with van der Waals surface area (Å²) >= 11 is 0. The molecule has 0 saturated carbocycles. The van der Waals surface area contributed by atoms with Gasteiger partial charge in [0.15, 0.2) is 0 Å². The quantitative estimate of drug-likeness (QED) is 0.906. The number of aryl methyl sites for hydroxylation is 1. The molecule has 0 heterocycles. The zero-order valence-electron chi connectivity index (χ0n) is 12.3. The van der Waals surface area contributed by atoms with Crippen molar-refractivity contribution in [3.05, 3.63) is 53.6 Å². The third-order valence-corrected chi connectivity index (χ3v) is 4.79. The van der Waals surface area contributed by atoms with Gasteiger partial charge in [-0.2, -0.15) is 0 Å². The fourth-order valence-corrected chi connectivity index (χ4v) is 3.38. The Labute approximate surface area is 125 Å². The summed E-state index contributed by atoms with van der Waals surface area (Å²) < 4.78 is 27.5. The molecule has 0 spiro atoms. The predicted molar refractivity (Wildman–Crippen MR) is 84.2 cm³/mol. The van der Waals surface area contributed by atoms with E-state index >= 15 is 0 Å². The summed E-state index contributed by atoms with van der Waals surface area (Å²) in [5.41, 5.74) is 1.99. The Morgan fingerprint density at radius 1 is 1.10 bits per heavy atom. The van der Waals surface area contributed by atoms with E-state index in [0.717, 1.165) is 5.56 Å². The van der Waals surface area contributed by atoms with Gasteiger partial charge in [-0.3, -0.25) is 4.72 Å². The minimum Gasteiger partial charge on any atom is -0.508 e. The Hall–Kier alpha value is -2.01. The van der Waals surface area contributed by atoms with Crippen molar-refractivity contribution in [2.24, 2.45) is 0 Å². The van der Waals surface area contributed by atoms with Crippen LogP contribution in [0, 0.1) is 6.92 Å². The third-order valence-electron chi connectivity index (χ3n) is 3.27. The first-order valence-electron chi connectivity index (χ1n) is 6.72. The lowest BCUT2D eigenvalue weighted by Gasteiger charge is -2.13. The molecular formula is C16H19NO3S. The SMILES string of the molecule is Cc1ccc(C(C)C)cc1S(=O)(=O)Nc1cccc(O)c1. The molecule has 2 N–H and O–H groups in total. The van der Waals surface area contributed by atoms with Crippen LogP contribution >= 0.6 is 0 Å². The van der Waals surface area contributed by atoms with Gasteiger partial charge in [0.1, 0.15) is 5.75 Å². The van der Waals surface area contributed by atoms with Crippen LogP contribution in [0.3, 0.4) is 0 Å². The summed E-state index contributed by atoms with van der Waals surface area (Å²) in [6, 6.07) is 11.5. The highest BCUT2D eigenvalue weighted by atomic mass is 32.2. The van der Waals surface area contributed by atoms with Crippen LogP contribution in [0.5, 0.6) is 5.75 Å². The van der Waals surface area contributed by atoms with E-state index < -0.39 is 10.0 Å². The number of benzene rings is 2. The van der Waals surface area contributed by atoms with Gasteiger partial charge in [-0.1, -0.05) is 32.0 Å². The molecule has 21 heavy (non-hydrogen) atoms. The van der Waals surface area contributed by atoms with Gasteiger partial charge in [0.05, 0.1) is 10.6 Å². The first kappa shape index (κ1) is 15.4. The van der Waals surface area contributed by atoms with Crippen molar-refractivity contribution in [3.63, 3.8) is 0 Å². The second kappa shape index (κ2) is 5.77. The normalized spacial score (nSPS) is 11.6. The van der Waals surface area contributed by atoms with Crippen molar-refractivity contribution in [2.75, 3.05) is 4.72 Å². The number of phenolic OH excluding ortho intramolecular Hbond substituents is 1. The summed E-state index contributed by atoms with van der Waals surface area (Å²) in [7, 11) is -3.68. The van der Waals surface area contributed by atoms with Crippen LogP contribution in [-0.2, 0) is 10.0 Å². The average Bonchev–Trinajstić information content (AvgIpc) is 2.38. The number of hydrogen-bond donors (Lipinski definition) is 2. The largest absolute Gasteiger partial charge is 0.508 e. The summed E-state index contributed by atoms with van der Waals surface area (Å²) in [5, 5.41) is 9.42. The van der Waals surface area contributed by atoms with Crippen LogP contribution in [0.2, 0.25) is 0 Å². The van der Waals surface area contributed by atoms with Crippen LogP contribution < -0.4 is 4.72 Å². The van der Waals surface area contributed by atoms with Crippen LogP contribution in [-0.4, -0.2) is 13.5 Å². The van der Waals surface area contributed by atoms with Gasteiger partial charge < -0.3 is 5.11 Å². The van der Waals surface area contributed by atoms with Gasteiger partial charge in [0, 0.05) is 6.07 Å². The number of rotatable bonds is 4. The maximum absolute atomic E-state index is 12.5.